The number of nitrogens with zero attached hydrogens (tertiary/aromatic N) is 5. The van der Waals surface area contributed by atoms with Crippen molar-refractivity contribution in [2.75, 3.05) is 18.5 Å². The van der Waals surface area contributed by atoms with Gasteiger partial charge in [-0.2, -0.15) is 0 Å². The van der Waals surface area contributed by atoms with Gasteiger partial charge in [0.15, 0.2) is 12.2 Å². The maximum Gasteiger partial charge on any atom is 0.328 e. The van der Waals surface area contributed by atoms with Gasteiger partial charge in [-0.05, 0) is 38.5 Å². The van der Waals surface area contributed by atoms with Crippen molar-refractivity contribution in [3.8, 4) is 0 Å². The highest BCUT2D eigenvalue weighted by Crippen LogP contribution is 2.38. The van der Waals surface area contributed by atoms with Crippen molar-refractivity contribution in [3.63, 3.8) is 0 Å². The Labute approximate surface area is 157 Å². The normalized spacial score (nSPS) is 24.8. The summed E-state index contributed by atoms with van der Waals surface area (Å²) in [6, 6.07) is 4.87. The first kappa shape index (κ1) is 16.9. The Hall–Kier alpha value is -2.54. The number of carbonyl (C=O) groups is 2. The second kappa shape index (κ2) is 5.74. The van der Waals surface area contributed by atoms with Crippen LogP contribution in [-0.4, -0.2) is 58.4 Å². The Morgan fingerprint density at radius 2 is 1.96 bits per heavy atom. The van der Waals surface area contributed by atoms with Crippen LogP contribution in [0.1, 0.15) is 19.4 Å². The number of urea groups is 1. The zero-order valence-corrected chi connectivity index (χ0v) is 15.9. The monoisotopic (exact) mass is 373 g/mol. The van der Waals surface area contributed by atoms with E-state index in [1.54, 1.807) is 14.0 Å². The van der Waals surface area contributed by atoms with Crippen LogP contribution in [0.5, 0.6) is 0 Å². The van der Waals surface area contributed by atoms with Gasteiger partial charge in [0.25, 0.3) is 5.91 Å². The van der Waals surface area contributed by atoms with Crippen LogP contribution in [0.3, 0.4) is 0 Å². The summed E-state index contributed by atoms with van der Waals surface area (Å²) in [7, 11) is 1.69. The van der Waals surface area contributed by atoms with Gasteiger partial charge in [-0.3, -0.25) is 14.6 Å². The lowest BCUT2D eigenvalue weighted by atomic mass is 10.1. The van der Waals surface area contributed by atoms with Crippen LogP contribution >= 0.6 is 11.6 Å². The van der Waals surface area contributed by atoms with E-state index < -0.39 is 12.2 Å². The first-order valence-electron chi connectivity index (χ1n) is 8.54. The summed E-state index contributed by atoms with van der Waals surface area (Å²) in [5.41, 5.74) is 2.80. The van der Waals surface area contributed by atoms with Crippen molar-refractivity contribution < 1.29 is 9.59 Å². The minimum atomic E-state index is -0.535. The number of amides is 3. The number of carbonyl (C=O) groups excluding carboxylic acids is 2. The van der Waals surface area contributed by atoms with Gasteiger partial charge in [-0.1, -0.05) is 17.7 Å². The number of rotatable bonds is 2. The predicted octanol–water partition coefficient (Wildman–Crippen LogP) is 2.61. The lowest BCUT2D eigenvalue weighted by molar-refractivity contribution is -0.136. The van der Waals surface area contributed by atoms with Crippen molar-refractivity contribution in [2.45, 2.75) is 33.0 Å². The fourth-order valence-corrected chi connectivity index (χ4v) is 3.95. The fourth-order valence-electron chi connectivity index (χ4n) is 3.78. The average molecular weight is 374 g/mol. The summed E-state index contributed by atoms with van der Waals surface area (Å²) in [5, 5.41) is 0.672. The number of aliphatic imine (C=N–C) groups is 1. The quantitative estimate of drug-likeness (QED) is 0.799. The first-order valence-corrected chi connectivity index (χ1v) is 8.92. The van der Waals surface area contributed by atoms with Gasteiger partial charge in [0.2, 0.25) is 5.96 Å². The Morgan fingerprint density at radius 1 is 1.23 bits per heavy atom. The number of allylic oxidation sites excluding steroid dienone is 1. The van der Waals surface area contributed by atoms with Crippen LogP contribution < -0.4 is 4.90 Å². The Morgan fingerprint density at radius 3 is 2.65 bits per heavy atom. The molecule has 3 amide bonds. The lowest BCUT2D eigenvalue weighted by Crippen LogP contribution is -2.64. The standard InChI is InChI=1S/C18H20ClN5O2/c1-5-22-16(25)14-15(21(4)18(22)26)20-17-23(14)9-10(2)24(17)13-8-6-7-12(19)11(13)3/h6-9,14-15H,5H2,1-4H3. The van der Waals surface area contributed by atoms with Crippen molar-refractivity contribution in [1.29, 1.82) is 0 Å². The molecule has 3 aliphatic heterocycles. The molecule has 0 aromatic heterocycles. The molecule has 1 saturated heterocycles. The van der Waals surface area contributed by atoms with Crippen LogP contribution in [0.2, 0.25) is 5.02 Å². The average Bonchev–Trinajstić information content (AvgIpc) is 3.11. The Bertz CT molecular complexity index is 880. The topological polar surface area (TPSA) is 59.5 Å². The van der Waals surface area contributed by atoms with E-state index in [1.807, 2.05) is 48.0 Å². The summed E-state index contributed by atoms with van der Waals surface area (Å²) in [4.78, 5) is 36.7. The molecule has 0 radical (unpaired) electrons. The molecular formula is C18H20ClN5O2. The van der Waals surface area contributed by atoms with Gasteiger partial charge < -0.3 is 9.80 Å². The molecule has 136 valence electrons. The van der Waals surface area contributed by atoms with E-state index in [1.165, 1.54) is 9.80 Å². The van der Waals surface area contributed by atoms with Gasteiger partial charge in [0, 0.05) is 30.5 Å². The molecule has 7 nitrogen and oxygen atoms in total. The number of fused-ring (bicyclic) bond motifs is 3. The molecule has 0 aliphatic carbocycles. The van der Waals surface area contributed by atoms with E-state index in [0.717, 1.165) is 16.9 Å². The summed E-state index contributed by atoms with van der Waals surface area (Å²) in [5.74, 6) is 0.432. The van der Waals surface area contributed by atoms with E-state index in [2.05, 4.69) is 0 Å². The smallest absolute Gasteiger partial charge is 0.302 e. The zero-order valence-electron chi connectivity index (χ0n) is 15.1. The van der Waals surface area contributed by atoms with Crippen molar-refractivity contribution in [2.24, 2.45) is 4.99 Å². The highest BCUT2D eigenvalue weighted by molar-refractivity contribution is 6.32. The van der Waals surface area contributed by atoms with Crippen molar-refractivity contribution in [3.05, 3.63) is 40.7 Å². The number of halogens is 1. The van der Waals surface area contributed by atoms with Crippen molar-refractivity contribution in [1.82, 2.24) is 14.7 Å². The summed E-state index contributed by atoms with van der Waals surface area (Å²) >= 11 is 6.29. The molecule has 3 aliphatic rings. The number of imide groups is 1. The van der Waals surface area contributed by atoms with Gasteiger partial charge in [-0.25, -0.2) is 9.79 Å². The number of hydrogen-bond donors (Lipinski definition) is 0. The lowest BCUT2D eigenvalue weighted by Gasteiger charge is -2.39. The van der Waals surface area contributed by atoms with Gasteiger partial charge >= 0.3 is 6.03 Å². The molecule has 1 aromatic carbocycles. The number of anilines is 1. The minimum Gasteiger partial charge on any atom is -0.302 e. The van der Waals surface area contributed by atoms with Crippen LogP contribution in [0.4, 0.5) is 10.5 Å². The maximum absolute atomic E-state index is 12.9. The second-order valence-electron chi connectivity index (χ2n) is 6.66. The molecule has 2 atom stereocenters. The van der Waals surface area contributed by atoms with Gasteiger partial charge in [0.05, 0.1) is 5.69 Å². The molecule has 0 N–H and O–H groups in total. The molecule has 1 fully saturated rings. The number of guanidine groups is 1. The predicted molar refractivity (Wildman–Crippen MR) is 99.8 cm³/mol. The number of hydrogen-bond acceptors (Lipinski definition) is 5. The van der Waals surface area contributed by atoms with Crippen LogP contribution in [-0.2, 0) is 4.79 Å². The molecule has 3 heterocycles. The molecule has 2 unspecified atom stereocenters. The van der Waals surface area contributed by atoms with E-state index in [0.29, 0.717) is 17.5 Å². The second-order valence-corrected chi connectivity index (χ2v) is 7.07. The summed E-state index contributed by atoms with van der Waals surface area (Å²) < 4.78 is 0. The van der Waals surface area contributed by atoms with E-state index in [4.69, 9.17) is 16.6 Å². The summed E-state index contributed by atoms with van der Waals surface area (Å²) in [6.45, 7) is 6.06. The number of benzene rings is 1. The molecule has 4 rings (SSSR count). The molecular weight excluding hydrogens is 354 g/mol. The molecule has 0 spiro atoms. The van der Waals surface area contributed by atoms with E-state index in [-0.39, 0.29) is 11.9 Å². The maximum atomic E-state index is 12.9. The molecule has 26 heavy (non-hydrogen) atoms. The SMILES string of the molecule is CCN1C(=O)C2C(N=C3N(c4cccc(Cl)c4C)C(C)=CN32)N(C)C1=O. The fraction of sp³-hybridized carbons (Fsp3) is 0.389. The Kier molecular flexibility index (Phi) is 3.73. The van der Waals surface area contributed by atoms with E-state index >= 15 is 0 Å². The molecule has 1 aromatic rings. The minimum absolute atomic E-state index is 0.215. The molecule has 0 saturated carbocycles. The molecule has 8 heteroatoms. The third kappa shape index (κ3) is 2.10. The highest BCUT2D eigenvalue weighted by atomic mass is 35.5. The zero-order chi connectivity index (χ0) is 18.7. The molecule has 0 bridgehead atoms. The van der Waals surface area contributed by atoms with Crippen LogP contribution in [0.15, 0.2) is 35.1 Å². The number of likely N-dealkylation sites (N-methyl/N-ethyl adjacent to an activating group) is 2. The third-order valence-electron chi connectivity index (χ3n) is 5.18. The summed E-state index contributed by atoms with van der Waals surface area (Å²) in [6.07, 6.45) is 1.39. The third-order valence-corrected chi connectivity index (χ3v) is 5.59. The highest BCUT2D eigenvalue weighted by Gasteiger charge is 2.54. The first-order chi connectivity index (χ1) is 12.4. The van der Waals surface area contributed by atoms with E-state index in [9.17, 15) is 9.59 Å². The van der Waals surface area contributed by atoms with Crippen molar-refractivity contribution >= 4 is 35.2 Å². The van der Waals surface area contributed by atoms with Gasteiger partial charge in [-0.15, -0.1) is 0 Å². The van der Waals surface area contributed by atoms with Crippen LogP contribution in [0, 0.1) is 6.92 Å². The van der Waals surface area contributed by atoms with Gasteiger partial charge in [0.1, 0.15) is 0 Å². The van der Waals surface area contributed by atoms with Crippen LogP contribution in [0.25, 0.3) is 0 Å². The Balaban J connectivity index is 1.79. The largest absolute Gasteiger partial charge is 0.328 e.